The van der Waals surface area contributed by atoms with Crippen LogP contribution in [0.2, 0.25) is 0 Å². The van der Waals surface area contributed by atoms with Gasteiger partial charge in [0.1, 0.15) is 22.7 Å². The lowest BCUT2D eigenvalue weighted by molar-refractivity contribution is 0.0574. The standard InChI is InChI=1S/C27H27F2N5O4/c1-14-23(29)16(7-8-32-14)17-9-21-25(34(13-30)24(17)31)33(26(35)38-27(2,3)4)10-18-19(28)5-6-20-22(18)15(11-36-20)12-37-21/h5-9,13,15,30-31H,10-12H2,1-4H3/t15-/m1/s1. The third kappa shape index (κ3) is 4.27. The van der Waals surface area contributed by atoms with Crippen LogP contribution in [0.25, 0.3) is 11.1 Å². The van der Waals surface area contributed by atoms with Crippen molar-refractivity contribution in [2.24, 2.45) is 0 Å². The highest BCUT2D eigenvalue weighted by Gasteiger charge is 2.37. The molecule has 4 heterocycles. The number of carbonyl (C=O) groups excluding carboxylic acids is 1. The van der Waals surface area contributed by atoms with Crippen LogP contribution in [0.15, 0.2) is 30.5 Å². The normalized spacial score (nSPS) is 16.3. The van der Waals surface area contributed by atoms with E-state index in [1.807, 2.05) is 0 Å². The minimum atomic E-state index is -0.893. The summed E-state index contributed by atoms with van der Waals surface area (Å²) in [5.74, 6) is -0.897. The molecule has 0 fully saturated rings. The van der Waals surface area contributed by atoms with Gasteiger partial charge in [-0.3, -0.25) is 25.3 Å². The summed E-state index contributed by atoms with van der Waals surface area (Å²) in [5, 5.41) is 17.0. The Hall–Kier alpha value is -4.28. The van der Waals surface area contributed by atoms with Crippen molar-refractivity contribution in [1.29, 1.82) is 10.8 Å². The average molecular weight is 524 g/mol. The van der Waals surface area contributed by atoms with Crippen molar-refractivity contribution < 1.29 is 27.8 Å². The molecule has 2 aliphatic heterocycles. The molecule has 0 unspecified atom stereocenters. The van der Waals surface area contributed by atoms with Crippen molar-refractivity contribution in [3.63, 3.8) is 0 Å². The number of ether oxygens (including phenoxy) is 3. The highest BCUT2D eigenvalue weighted by Crippen LogP contribution is 2.42. The molecule has 2 N–H and O–H groups in total. The van der Waals surface area contributed by atoms with Gasteiger partial charge in [-0.15, -0.1) is 0 Å². The first kappa shape index (κ1) is 25.4. The number of aromatic nitrogens is 2. The van der Waals surface area contributed by atoms with Gasteiger partial charge in [0.15, 0.2) is 17.4 Å². The highest BCUT2D eigenvalue weighted by atomic mass is 19.1. The quantitative estimate of drug-likeness (QED) is 0.367. The zero-order valence-corrected chi connectivity index (χ0v) is 21.4. The summed E-state index contributed by atoms with van der Waals surface area (Å²) in [5.41, 5.74) is 0.0201. The van der Waals surface area contributed by atoms with Crippen molar-refractivity contribution in [2.75, 3.05) is 18.1 Å². The topological polar surface area (TPSA) is 114 Å². The smallest absolute Gasteiger partial charge is 0.416 e. The Kier molecular flexibility index (Phi) is 6.16. The number of carbonyl (C=O) groups is 1. The van der Waals surface area contributed by atoms with Crippen LogP contribution >= 0.6 is 0 Å². The molecule has 0 aliphatic carbocycles. The Morgan fingerprint density at radius 1 is 1.16 bits per heavy atom. The van der Waals surface area contributed by atoms with E-state index in [1.54, 1.807) is 26.8 Å². The second-order valence-electron chi connectivity index (χ2n) is 10.2. The van der Waals surface area contributed by atoms with Gasteiger partial charge in [-0.25, -0.2) is 13.6 Å². The van der Waals surface area contributed by atoms with Gasteiger partial charge in [0.25, 0.3) is 0 Å². The Morgan fingerprint density at radius 2 is 1.87 bits per heavy atom. The maximum atomic E-state index is 15.3. The minimum Gasteiger partial charge on any atom is -0.493 e. The number of amides is 1. The molecule has 0 spiro atoms. The number of pyridine rings is 2. The average Bonchev–Trinajstić information content (AvgIpc) is 3.28. The highest BCUT2D eigenvalue weighted by molar-refractivity contribution is 5.91. The van der Waals surface area contributed by atoms with E-state index >= 15 is 8.78 Å². The van der Waals surface area contributed by atoms with E-state index in [0.29, 0.717) is 11.3 Å². The third-order valence-corrected chi connectivity index (χ3v) is 6.44. The summed E-state index contributed by atoms with van der Waals surface area (Å²) in [4.78, 5) is 18.7. The molecular formula is C27H27F2N5O4. The molecule has 5 rings (SSSR count). The van der Waals surface area contributed by atoms with E-state index in [9.17, 15) is 4.79 Å². The molecule has 1 aromatic carbocycles. The lowest BCUT2D eigenvalue weighted by Crippen LogP contribution is -2.40. The van der Waals surface area contributed by atoms with Crippen LogP contribution in [0.3, 0.4) is 0 Å². The van der Waals surface area contributed by atoms with Crippen molar-refractivity contribution in [3.8, 4) is 22.6 Å². The Balaban J connectivity index is 1.78. The van der Waals surface area contributed by atoms with E-state index in [0.717, 1.165) is 15.8 Å². The molecule has 11 heteroatoms. The molecule has 0 saturated carbocycles. The number of anilines is 1. The Bertz CT molecular complexity index is 1530. The van der Waals surface area contributed by atoms with E-state index in [-0.39, 0.29) is 65.1 Å². The molecule has 0 saturated heterocycles. The van der Waals surface area contributed by atoms with E-state index in [2.05, 4.69) is 4.98 Å². The number of hydrogen-bond acceptors (Lipinski definition) is 7. The van der Waals surface area contributed by atoms with Crippen molar-refractivity contribution in [3.05, 3.63) is 64.4 Å². The van der Waals surface area contributed by atoms with Gasteiger partial charge in [-0.1, -0.05) is 0 Å². The first-order chi connectivity index (χ1) is 18.0. The molecular weight excluding hydrogens is 496 g/mol. The molecule has 1 amide bonds. The van der Waals surface area contributed by atoms with Gasteiger partial charge in [0.2, 0.25) is 0 Å². The number of nitrogens with one attached hydrogen (secondary N) is 2. The summed E-state index contributed by atoms with van der Waals surface area (Å²) in [6.45, 7) is 6.64. The number of fused-ring (bicyclic) bond motifs is 1. The van der Waals surface area contributed by atoms with Crippen LogP contribution in [0, 0.1) is 29.4 Å². The van der Waals surface area contributed by atoms with Gasteiger partial charge in [-0.05, 0) is 52.0 Å². The second kappa shape index (κ2) is 9.23. The summed E-state index contributed by atoms with van der Waals surface area (Å²) in [6, 6.07) is 5.71. The van der Waals surface area contributed by atoms with E-state index in [4.69, 9.17) is 25.0 Å². The van der Waals surface area contributed by atoms with Crippen molar-refractivity contribution >= 4 is 18.2 Å². The number of benzene rings is 1. The summed E-state index contributed by atoms with van der Waals surface area (Å²) in [7, 11) is 0. The number of hydrogen-bond donors (Lipinski definition) is 2. The van der Waals surface area contributed by atoms with Crippen molar-refractivity contribution in [1.82, 2.24) is 9.55 Å². The van der Waals surface area contributed by atoms with Crippen LogP contribution < -0.4 is 19.9 Å². The van der Waals surface area contributed by atoms with Gasteiger partial charge >= 0.3 is 6.09 Å². The predicted octanol–water partition coefficient (Wildman–Crippen LogP) is 4.88. The summed E-state index contributed by atoms with van der Waals surface area (Å²) < 4.78 is 49.0. The molecule has 3 aromatic rings. The van der Waals surface area contributed by atoms with Crippen LogP contribution in [0.4, 0.5) is 19.4 Å². The third-order valence-electron chi connectivity index (χ3n) is 6.44. The van der Waals surface area contributed by atoms with Gasteiger partial charge in [-0.2, -0.15) is 0 Å². The fourth-order valence-corrected chi connectivity index (χ4v) is 4.72. The lowest BCUT2D eigenvalue weighted by atomic mass is 9.95. The van der Waals surface area contributed by atoms with Crippen LogP contribution in [-0.2, 0) is 11.3 Å². The molecule has 1 atom stereocenters. The minimum absolute atomic E-state index is 0.00733. The number of rotatable bonds is 2. The fourth-order valence-electron chi connectivity index (χ4n) is 4.72. The molecule has 198 valence electrons. The zero-order valence-electron chi connectivity index (χ0n) is 21.4. The molecule has 38 heavy (non-hydrogen) atoms. The van der Waals surface area contributed by atoms with Crippen LogP contribution in [0.1, 0.15) is 43.5 Å². The molecule has 2 aromatic heterocycles. The number of nitrogens with zero attached hydrogens (tertiary/aromatic N) is 3. The van der Waals surface area contributed by atoms with Crippen molar-refractivity contribution in [2.45, 2.75) is 45.8 Å². The SMILES string of the molecule is Cc1nccc(-c2cc3c(n(C=N)c2=N)N(C(=O)OC(C)(C)C)Cc2c(F)ccc4c2[C@H](CO4)CO3)c1F. The first-order valence-corrected chi connectivity index (χ1v) is 12.0. The molecule has 9 nitrogen and oxygen atoms in total. The van der Waals surface area contributed by atoms with Gasteiger partial charge < -0.3 is 14.2 Å². The maximum absolute atomic E-state index is 15.3. The van der Waals surface area contributed by atoms with Gasteiger partial charge in [0.05, 0.1) is 37.7 Å². The fraction of sp³-hybridized carbons (Fsp3) is 0.333. The first-order valence-electron chi connectivity index (χ1n) is 12.0. The largest absolute Gasteiger partial charge is 0.493 e. The van der Waals surface area contributed by atoms with E-state index in [1.165, 1.54) is 31.3 Å². The number of halogens is 2. The summed E-state index contributed by atoms with van der Waals surface area (Å²) in [6.07, 6.45) is 1.43. The van der Waals surface area contributed by atoms with Crippen LogP contribution in [-0.4, -0.2) is 40.8 Å². The second-order valence-corrected chi connectivity index (χ2v) is 10.2. The number of aryl methyl sites for hydroxylation is 1. The maximum Gasteiger partial charge on any atom is 0.416 e. The van der Waals surface area contributed by atoms with Crippen LogP contribution in [0.5, 0.6) is 11.5 Å². The lowest BCUT2D eigenvalue weighted by Gasteiger charge is -2.30. The molecule has 2 aliphatic rings. The van der Waals surface area contributed by atoms with Gasteiger partial charge in [0, 0.05) is 28.5 Å². The Morgan fingerprint density at radius 3 is 2.55 bits per heavy atom. The Labute approximate surface area is 217 Å². The van der Waals surface area contributed by atoms with E-state index < -0.39 is 23.3 Å². The molecule has 0 radical (unpaired) electrons. The zero-order chi connectivity index (χ0) is 27.4. The summed E-state index contributed by atoms with van der Waals surface area (Å²) >= 11 is 0. The monoisotopic (exact) mass is 523 g/mol. The molecule has 0 bridgehead atoms. The predicted molar refractivity (Wildman–Crippen MR) is 135 cm³/mol.